The molecule has 0 aliphatic carbocycles. The van der Waals surface area contributed by atoms with Crippen LogP contribution in [-0.4, -0.2) is 70.0 Å². The van der Waals surface area contributed by atoms with Gasteiger partial charge in [0.2, 0.25) is 0 Å². The fraction of sp³-hybridized carbons (Fsp3) is 0.833. The minimum absolute atomic E-state index is 0.0313. The van der Waals surface area contributed by atoms with Crippen molar-refractivity contribution in [2.75, 3.05) is 13.2 Å². The van der Waals surface area contributed by atoms with E-state index in [1.54, 1.807) is 6.92 Å². The second-order valence-corrected chi connectivity index (χ2v) is 4.15. The van der Waals surface area contributed by atoms with Gasteiger partial charge in [0.15, 0.2) is 6.10 Å². The zero-order valence-corrected chi connectivity index (χ0v) is 11.6. The first kappa shape index (κ1) is 18.8. The van der Waals surface area contributed by atoms with Gasteiger partial charge in [0.05, 0.1) is 6.61 Å². The highest BCUT2D eigenvalue weighted by Gasteiger charge is 2.34. The van der Waals surface area contributed by atoms with Crippen molar-refractivity contribution in [3.8, 4) is 0 Å². The molecule has 0 saturated heterocycles. The molecule has 0 saturated carbocycles. The first-order valence-corrected chi connectivity index (χ1v) is 6.37. The molecule has 0 unspecified atom stereocenters. The van der Waals surface area contributed by atoms with Crippen molar-refractivity contribution in [2.45, 2.75) is 51.1 Å². The van der Waals surface area contributed by atoms with Crippen molar-refractivity contribution in [1.29, 1.82) is 0 Å². The third kappa shape index (κ3) is 6.29. The Morgan fingerprint density at radius 2 is 1.55 bits per heavy atom. The number of hydrogen-bond acceptors (Lipinski definition) is 8. The van der Waals surface area contributed by atoms with Crippen molar-refractivity contribution in [3.63, 3.8) is 0 Å². The zero-order valence-electron chi connectivity index (χ0n) is 11.6. The van der Waals surface area contributed by atoms with Crippen LogP contribution in [0.4, 0.5) is 0 Å². The number of ether oxygens (including phenoxy) is 2. The van der Waals surface area contributed by atoms with Crippen LogP contribution in [0.1, 0.15) is 26.7 Å². The van der Waals surface area contributed by atoms with Crippen molar-refractivity contribution in [3.05, 3.63) is 0 Å². The molecule has 0 aliphatic heterocycles. The molecule has 8 nitrogen and oxygen atoms in total. The van der Waals surface area contributed by atoms with Gasteiger partial charge in [-0.25, -0.2) is 0 Å². The highest BCUT2D eigenvalue weighted by molar-refractivity contribution is 5.70. The Balaban J connectivity index is 4.72. The fourth-order valence-corrected chi connectivity index (χ4v) is 1.29. The fourth-order valence-electron chi connectivity index (χ4n) is 1.29. The van der Waals surface area contributed by atoms with Crippen molar-refractivity contribution in [1.82, 2.24) is 0 Å². The summed E-state index contributed by atoms with van der Waals surface area (Å²) < 4.78 is 9.61. The van der Waals surface area contributed by atoms with E-state index in [9.17, 15) is 24.9 Å². The number of carbonyl (C=O) groups is 2. The van der Waals surface area contributed by atoms with Gasteiger partial charge in [0.1, 0.15) is 24.9 Å². The number of esters is 2. The minimum Gasteiger partial charge on any atom is -0.462 e. The predicted molar refractivity (Wildman–Crippen MR) is 66.5 cm³/mol. The van der Waals surface area contributed by atoms with Gasteiger partial charge in [-0.2, -0.15) is 0 Å². The maximum absolute atomic E-state index is 11.2. The van der Waals surface area contributed by atoms with Gasteiger partial charge < -0.3 is 29.9 Å². The summed E-state index contributed by atoms with van der Waals surface area (Å²) in [6, 6.07) is 0. The first-order chi connectivity index (χ1) is 9.37. The number of rotatable bonds is 9. The van der Waals surface area contributed by atoms with Gasteiger partial charge in [-0.3, -0.25) is 9.59 Å². The second kappa shape index (κ2) is 9.65. The smallest absolute Gasteiger partial charge is 0.305 e. The molecule has 20 heavy (non-hydrogen) atoms. The molecule has 0 heterocycles. The molecule has 0 radical (unpaired) electrons. The summed E-state index contributed by atoms with van der Waals surface area (Å²) in [5, 5.41) is 37.4. The van der Waals surface area contributed by atoms with Gasteiger partial charge in [-0.1, -0.05) is 13.8 Å². The standard InChI is InChI=1S/C12H22O8/c1-3-9(15)19-6-8(20-10(16)4-2)12(18)11(17)7(14)5-13/h7-8,11-14,17-18H,3-6H2,1-2H3/t7-,8+,11+,12+/m1/s1. The van der Waals surface area contributed by atoms with Crippen molar-refractivity contribution >= 4 is 11.9 Å². The van der Waals surface area contributed by atoms with Gasteiger partial charge >= 0.3 is 11.9 Å². The molecule has 0 spiro atoms. The Morgan fingerprint density at radius 1 is 1.00 bits per heavy atom. The average Bonchev–Trinajstić information content (AvgIpc) is 2.47. The van der Waals surface area contributed by atoms with E-state index in [2.05, 4.69) is 0 Å². The molecular formula is C12H22O8. The number of hydrogen-bond donors (Lipinski definition) is 4. The van der Waals surface area contributed by atoms with Crippen molar-refractivity contribution in [2.24, 2.45) is 0 Å². The van der Waals surface area contributed by atoms with Crippen LogP contribution in [0, 0.1) is 0 Å². The number of aliphatic hydroxyl groups is 4. The first-order valence-electron chi connectivity index (χ1n) is 6.37. The van der Waals surface area contributed by atoms with Crippen molar-refractivity contribution < 1.29 is 39.5 Å². The van der Waals surface area contributed by atoms with Crippen LogP contribution in [0.15, 0.2) is 0 Å². The van der Waals surface area contributed by atoms with Crippen LogP contribution in [0.2, 0.25) is 0 Å². The largest absolute Gasteiger partial charge is 0.462 e. The average molecular weight is 294 g/mol. The summed E-state index contributed by atoms with van der Waals surface area (Å²) >= 11 is 0. The topological polar surface area (TPSA) is 134 Å². The Bertz CT molecular complexity index is 306. The molecule has 0 amide bonds. The molecule has 0 aromatic heterocycles. The summed E-state index contributed by atoms with van der Waals surface area (Å²) in [6.07, 6.45) is -6.23. The molecule has 118 valence electrons. The summed E-state index contributed by atoms with van der Waals surface area (Å²) in [6.45, 7) is 1.87. The third-order valence-corrected chi connectivity index (χ3v) is 2.58. The summed E-state index contributed by atoms with van der Waals surface area (Å²) in [4.78, 5) is 22.3. The van der Waals surface area contributed by atoms with Crippen LogP contribution >= 0.6 is 0 Å². The van der Waals surface area contributed by atoms with Crippen LogP contribution < -0.4 is 0 Å². The van der Waals surface area contributed by atoms with Gasteiger partial charge in [-0.15, -0.1) is 0 Å². The van der Waals surface area contributed by atoms with E-state index >= 15 is 0 Å². The lowest BCUT2D eigenvalue weighted by Gasteiger charge is -2.28. The molecule has 0 rings (SSSR count). The van der Waals surface area contributed by atoms with E-state index in [0.29, 0.717) is 0 Å². The third-order valence-electron chi connectivity index (χ3n) is 2.58. The molecule has 4 atom stereocenters. The predicted octanol–water partition coefficient (Wildman–Crippen LogP) is -1.66. The molecule has 0 bridgehead atoms. The number of carbonyl (C=O) groups excluding carboxylic acids is 2. The lowest BCUT2D eigenvalue weighted by Crippen LogP contribution is -2.49. The van der Waals surface area contributed by atoms with Crippen LogP contribution in [-0.2, 0) is 19.1 Å². The van der Waals surface area contributed by atoms with Gasteiger partial charge in [0.25, 0.3) is 0 Å². The lowest BCUT2D eigenvalue weighted by molar-refractivity contribution is -0.177. The lowest BCUT2D eigenvalue weighted by atomic mass is 10.0. The van der Waals surface area contributed by atoms with E-state index in [-0.39, 0.29) is 12.8 Å². The molecule has 0 aromatic carbocycles. The van der Waals surface area contributed by atoms with Crippen LogP contribution in [0.25, 0.3) is 0 Å². The maximum atomic E-state index is 11.2. The normalized spacial score (nSPS) is 16.9. The highest BCUT2D eigenvalue weighted by Crippen LogP contribution is 2.10. The van der Waals surface area contributed by atoms with E-state index < -0.39 is 49.6 Å². The van der Waals surface area contributed by atoms with Gasteiger partial charge in [0, 0.05) is 12.8 Å². The van der Waals surface area contributed by atoms with Crippen LogP contribution in [0.5, 0.6) is 0 Å². The number of aliphatic hydroxyl groups excluding tert-OH is 4. The quantitative estimate of drug-likeness (QED) is 0.371. The van der Waals surface area contributed by atoms with E-state index in [1.807, 2.05) is 0 Å². The maximum Gasteiger partial charge on any atom is 0.305 e. The van der Waals surface area contributed by atoms with Crippen LogP contribution in [0.3, 0.4) is 0 Å². The Kier molecular flexibility index (Phi) is 9.06. The van der Waals surface area contributed by atoms with E-state index in [0.717, 1.165) is 0 Å². The Labute approximate surface area is 116 Å². The highest BCUT2D eigenvalue weighted by atomic mass is 16.6. The van der Waals surface area contributed by atoms with Gasteiger partial charge in [-0.05, 0) is 0 Å². The molecule has 0 aliphatic rings. The molecule has 0 aromatic rings. The molecule has 4 N–H and O–H groups in total. The Morgan fingerprint density at radius 3 is 2.00 bits per heavy atom. The minimum atomic E-state index is -1.74. The van der Waals surface area contributed by atoms with E-state index in [4.69, 9.17) is 14.6 Å². The molecular weight excluding hydrogens is 272 g/mol. The van der Waals surface area contributed by atoms with E-state index in [1.165, 1.54) is 6.92 Å². The summed E-state index contributed by atoms with van der Waals surface area (Å²) in [5.74, 6) is -1.22. The monoisotopic (exact) mass is 294 g/mol. The molecule has 8 heteroatoms. The summed E-state index contributed by atoms with van der Waals surface area (Å²) in [7, 11) is 0. The second-order valence-electron chi connectivity index (χ2n) is 4.15. The zero-order chi connectivity index (χ0) is 15.7. The Hall–Kier alpha value is -1.22. The molecule has 0 fully saturated rings. The SMILES string of the molecule is CCC(=O)OC[C@H](OC(=O)CC)[C@H](O)[C@@H](O)[C@H](O)CO. The summed E-state index contributed by atoms with van der Waals surface area (Å²) in [5.41, 5.74) is 0.